The van der Waals surface area contributed by atoms with Crippen LogP contribution in [-0.4, -0.2) is 29.4 Å². The predicted octanol–water partition coefficient (Wildman–Crippen LogP) is 4.74. The smallest absolute Gasteiger partial charge is 0.227 e. The van der Waals surface area contributed by atoms with Crippen LogP contribution < -0.4 is 9.88 Å². The maximum atomic E-state index is 12.6. The molecule has 2 aromatic rings. The molecule has 8 heteroatoms. The minimum absolute atomic E-state index is 0.0706. The van der Waals surface area contributed by atoms with E-state index in [2.05, 4.69) is 27.2 Å². The number of hydrogen-bond acceptors (Lipinski definition) is 6. The lowest BCUT2D eigenvalue weighted by Crippen LogP contribution is -2.35. The monoisotopic (exact) mass is 472 g/mol. The van der Waals surface area contributed by atoms with Gasteiger partial charge in [-0.25, -0.2) is 9.87 Å². The van der Waals surface area contributed by atoms with Gasteiger partial charge < -0.3 is 9.45 Å². The van der Waals surface area contributed by atoms with Crippen LogP contribution in [0.25, 0.3) is 6.08 Å². The average molecular weight is 473 g/mol. The van der Waals surface area contributed by atoms with E-state index in [1.807, 2.05) is 53.7 Å². The first-order valence-electron chi connectivity index (χ1n) is 11.1. The molecule has 1 aliphatic rings. The molecule has 7 nitrogen and oxygen atoms in total. The van der Waals surface area contributed by atoms with Crippen LogP contribution in [-0.2, 0) is 25.2 Å². The van der Waals surface area contributed by atoms with Crippen LogP contribution in [0.2, 0.25) is 0 Å². The van der Waals surface area contributed by atoms with Crippen molar-refractivity contribution in [2.75, 3.05) is 12.0 Å². The molecule has 2 heterocycles. The highest BCUT2D eigenvalue weighted by molar-refractivity contribution is 7.88. The van der Waals surface area contributed by atoms with E-state index in [1.165, 1.54) is 12.7 Å². The van der Waals surface area contributed by atoms with Crippen molar-refractivity contribution < 1.29 is 28.3 Å². The highest BCUT2D eigenvalue weighted by atomic mass is 32.2. The lowest BCUT2D eigenvalue weighted by atomic mass is 10.1. The molecule has 1 unspecified atom stereocenters. The van der Waals surface area contributed by atoms with E-state index < -0.39 is 0 Å². The van der Waals surface area contributed by atoms with E-state index in [4.69, 9.17) is 4.55 Å². The number of nitrogens with zero attached hydrogens (tertiary/aromatic N) is 1. The summed E-state index contributed by atoms with van der Waals surface area (Å²) in [4.78, 5) is 33.4. The fourth-order valence-corrected chi connectivity index (χ4v) is 3.86. The lowest BCUT2D eigenvalue weighted by Gasteiger charge is -2.22. The van der Waals surface area contributed by atoms with Crippen LogP contribution in [0.3, 0.4) is 0 Å². The fourth-order valence-electron chi connectivity index (χ4n) is 3.81. The topological polar surface area (TPSA) is 93.0 Å². The van der Waals surface area contributed by atoms with Gasteiger partial charge in [0.15, 0.2) is 18.2 Å². The van der Waals surface area contributed by atoms with Gasteiger partial charge in [0, 0.05) is 36.2 Å². The quantitative estimate of drug-likeness (QED) is 0.154. The van der Waals surface area contributed by atoms with Gasteiger partial charge in [-0.3, -0.25) is 9.59 Å². The van der Waals surface area contributed by atoms with E-state index in [-0.39, 0.29) is 30.1 Å². The summed E-state index contributed by atoms with van der Waals surface area (Å²) in [7, 11) is 1.27. The number of H-pyrrole nitrogens is 1. The highest BCUT2D eigenvalue weighted by Gasteiger charge is 2.29. The number of fused-ring (bicyclic) bond motifs is 1. The number of unbranched alkanes of at least 4 members (excludes halogenated alkanes) is 3. The molecule has 0 saturated heterocycles. The van der Waals surface area contributed by atoms with Crippen molar-refractivity contribution in [1.29, 1.82) is 0 Å². The van der Waals surface area contributed by atoms with Crippen LogP contribution in [0.1, 0.15) is 56.6 Å². The number of hydrogen-bond donors (Lipinski definition) is 0. The molecule has 33 heavy (non-hydrogen) atoms. The first kappa shape index (κ1) is 26.7. The molecule has 1 amide bonds. The first-order valence-corrected chi connectivity index (χ1v) is 11.8. The lowest BCUT2D eigenvalue weighted by molar-refractivity contribution is -0.378. The molecule has 3 rings (SSSR count). The van der Waals surface area contributed by atoms with Gasteiger partial charge in [-0.2, -0.15) is 4.33 Å². The molecule has 1 aliphatic heterocycles. The van der Waals surface area contributed by atoms with Crippen LogP contribution >= 0.6 is 12.3 Å². The number of amides is 1. The second kappa shape index (κ2) is 15.3. The summed E-state index contributed by atoms with van der Waals surface area (Å²) in [5.41, 5.74) is 3.34. The van der Waals surface area contributed by atoms with Gasteiger partial charge in [-0.15, -0.1) is 0 Å². The summed E-state index contributed by atoms with van der Waals surface area (Å²) in [5, 5.41) is 0. The summed E-state index contributed by atoms with van der Waals surface area (Å²) < 4.78 is 12.8. The molecule has 0 bridgehead atoms. The van der Waals surface area contributed by atoms with Gasteiger partial charge in [0.05, 0.1) is 7.11 Å². The third-order valence-corrected chi connectivity index (χ3v) is 5.52. The predicted molar refractivity (Wildman–Crippen MR) is 128 cm³/mol. The van der Waals surface area contributed by atoms with E-state index >= 15 is 0 Å². The minimum atomic E-state index is -0.0706. The Balaban J connectivity index is 0.000000696. The summed E-state index contributed by atoms with van der Waals surface area (Å²) >= 11 is -0.0706. The number of ketones is 1. The van der Waals surface area contributed by atoms with Crippen molar-refractivity contribution in [2.45, 2.75) is 57.9 Å². The Morgan fingerprint density at radius 3 is 2.58 bits per heavy atom. The Bertz CT molecular complexity index is 889. The maximum Gasteiger partial charge on any atom is 0.227 e. The molecule has 0 saturated carbocycles. The van der Waals surface area contributed by atoms with E-state index in [1.54, 1.807) is 6.08 Å². The van der Waals surface area contributed by atoms with E-state index in [0.717, 1.165) is 43.4 Å². The van der Waals surface area contributed by atoms with E-state index in [9.17, 15) is 9.59 Å². The number of pyridine rings is 1. The van der Waals surface area contributed by atoms with Crippen LogP contribution in [0.4, 0.5) is 5.69 Å². The van der Waals surface area contributed by atoms with Gasteiger partial charge in [-0.05, 0) is 56.0 Å². The minimum Gasteiger partial charge on any atom is -0.774 e. The zero-order chi connectivity index (χ0) is 23.9. The van der Waals surface area contributed by atoms with Crippen LogP contribution in [0.5, 0.6) is 0 Å². The molecule has 1 aromatic carbocycles. The zero-order valence-electron chi connectivity index (χ0n) is 19.2. The number of aromatic amines is 1. The molecule has 1 atom stereocenters. The van der Waals surface area contributed by atoms with Crippen molar-refractivity contribution in [3.8, 4) is 0 Å². The van der Waals surface area contributed by atoms with Crippen LogP contribution in [0, 0.1) is 0 Å². The Morgan fingerprint density at radius 2 is 1.91 bits per heavy atom. The normalized spacial score (nSPS) is 14.6. The molecule has 0 spiro atoms. The number of anilines is 1. The van der Waals surface area contributed by atoms with Crippen molar-refractivity contribution in [3.63, 3.8) is 0 Å². The number of aromatic nitrogens is 1. The molecule has 0 aliphatic carbocycles. The van der Waals surface area contributed by atoms with E-state index in [0.29, 0.717) is 12.8 Å². The molecular formula is C25H32N2O5S. The Labute approximate surface area is 200 Å². The van der Waals surface area contributed by atoms with Crippen molar-refractivity contribution in [3.05, 3.63) is 66.0 Å². The number of rotatable bonds is 11. The number of para-hydroxylation sites is 1. The number of carbonyl (C=O) groups is 2. The van der Waals surface area contributed by atoms with Gasteiger partial charge in [0.1, 0.15) is 0 Å². The third-order valence-electron chi connectivity index (χ3n) is 5.33. The molecule has 0 fully saturated rings. The van der Waals surface area contributed by atoms with Gasteiger partial charge >= 0.3 is 0 Å². The number of nitrogens with one attached hydrogen (secondary N) is 1. The zero-order valence-corrected chi connectivity index (χ0v) is 20.0. The number of benzene rings is 1. The summed E-state index contributed by atoms with van der Waals surface area (Å²) in [6, 6.07) is 12.3. The molecular weight excluding hydrogens is 440 g/mol. The first-order chi connectivity index (χ1) is 16.1. The van der Waals surface area contributed by atoms with Gasteiger partial charge in [0.2, 0.25) is 5.91 Å². The standard InChI is InChI=1S/C24H28N2O2.CH4O3S/c1-19-17-21-10-6-7-12-23(21)26(19)24(28)13-5-3-2-4-11-22(27)15-14-20-9-8-16-25-18-20;1-3-4-5-2/h6-10,12,14-16,18-19H,2-5,11,13,17H2,1H3;2H,1H3/b15-14+;. The summed E-state index contributed by atoms with van der Waals surface area (Å²) in [6.07, 6.45) is 13.0. The third kappa shape index (κ3) is 9.47. The van der Waals surface area contributed by atoms with Crippen molar-refractivity contribution in [2.24, 2.45) is 0 Å². The van der Waals surface area contributed by atoms with Crippen molar-refractivity contribution in [1.82, 2.24) is 0 Å². The Hall–Kier alpha value is -2.52. The molecule has 0 radical (unpaired) electrons. The average Bonchev–Trinajstić information content (AvgIpc) is 3.17. The Morgan fingerprint density at radius 1 is 1.15 bits per heavy atom. The number of carbonyl (C=O) groups excluding carboxylic acids is 2. The number of allylic oxidation sites excluding steroid dienone is 1. The highest BCUT2D eigenvalue weighted by Crippen LogP contribution is 2.32. The van der Waals surface area contributed by atoms with Crippen molar-refractivity contribution >= 4 is 35.8 Å². The van der Waals surface area contributed by atoms with Crippen LogP contribution in [0.15, 0.2) is 54.9 Å². The summed E-state index contributed by atoms with van der Waals surface area (Å²) in [5.74, 6) is 0.374. The Kier molecular flexibility index (Phi) is 12.4. The molecule has 1 N–H and O–H groups in total. The molecule has 178 valence electrons. The fraction of sp³-hybridized carbons (Fsp3) is 0.400. The second-order valence-electron chi connectivity index (χ2n) is 7.80. The maximum absolute atomic E-state index is 12.6. The largest absolute Gasteiger partial charge is 0.774 e. The van der Waals surface area contributed by atoms with Gasteiger partial charge in [0.25, 0.3) is 0 Å². The second-order valence-corrected chi connectivity index (χ2v) is 8.07. The molecule has 1 aromatic heterocycles. The SMILES string of the molecule is CC1Cc2ccccc2N1C(=O)CCCCCCC(=O)/C=C/c1ccc[nH+]c1.COOS[O-]. The summed E-state index contributed by atoms with van der Waals surface area (Å²) in [6.45, 7) is 2.12. The van der Waals surface area contributed by atoms with Gasteiger partial charge in [-0.1, -0.05) is 43.4 Å².